The molecule has 0 aliphatic carbocycles. The Kier molecular flexibility index (Phi) is 8.37. The number of rotatable bonds is 8. The Morgan fingerprint density at radius 1 is 1.06 bits per heavy atom. The molecule has 0 spiro atoms. The van der Waals surface area contributed by atoms with E-state index in [2.05, 4.69) is 10.2 Å². The molecule has 3 saturated heterocycles. The average Bonchev–Trinajstić information content (AvgIpc) is 3.39. The van der Waals surface area contributed by atoms with E-state index in [-0.39, 0.29) is 16.8 Å². The monoisotopic (exact) mass is 481 g/mol. The lowest BCUT2D eigenvalue weighted by molar-refractivity contribution is 0.00166. The number of carbonyl (C=O) groups is 1. The Balaban J connectivity index is 1.49. The number of hydrogen-bond donors (Lipinski definition) is 1. The zero-order valence-electron chi connectivity index (χ0n) is 19.3. The van der Waals surface area contributed by atoms with E-state index in [4.69, 9.17) is 14.2 Å². The summed E-state index contributed by atoms with van der Waals surface area (Å²) in [4.78, 5) is 15.7. The molecular formula is C23H35N3O6S. The van der Waals surface area contributed by atoms with Crippen LogP contribution >= 0.6 is 0 Å². The Morgan fingerprint density at radius 3 is 2.39 bits per heavy atom. The van der Waals surface area contributed by atoms with Crippen LogP contribution in [0.4, 0.5) is 0 Å². The quantitative estimate of drug-likeness (QED) is 0.585. The van der Waals surface area contributed by atoms with E-state index >= 15 is 0 Å². The maximum absolute atomic E-state index is 13.3. The second kappa shape index (κ2) is 11.2. The zero-order valence-corrected chi connectivity index (χ0v) is 20.1. The number of hydrogen-bond acceptors (Lipinski definition) is 7. The number of amides is 1. The van der Waals surface area contributed by atoms with E-state index < -0.39 is 10.0 Å². The highest BCUT2D eigenvalue weighted by Crippen LogP contribution is 2.25. The van der Waals surface area contributed by atoms with Crippen molar-refractivity contribution in [3.05, 3.63) is 29.3 Å². The van der Waals surface area contributed by atoms with Gasteiger partial charge in [-0.1, -0.05) is 13.0 Å². The van der Waals surface area contributed by atoms with Crippen molar-refractivity contribution in [2.45, 2.75) is 30.7 Å². The Morgan fingerprint density at radius 2 is 1.76 bits per heavy atom. The summed E-state index contributed by atoms with van der Waals surface area (Å²) < 4.78 is 44.4. The maximum Gasteiger partial charge on any atom is 0.251 e. The maximum atomic E-state index is 13.3. The minimum atomic E-state index is -3.69. The Bertz CT molecular complexity index is 907. The minimum Gasteiger partial charge on any atom is -0.381 e. The number of nitrogens with zero attached hydrogens (tertiary/aromatic N) is 2. The molecule has 10 heteroatoms. The van der Waals surface area contributed by atoms with E-state index in [1.165, 1.54) is 10.4 Å². The van der Waals surface area contributed by atoms with Crippen LogP contribution in [-0.4, -0.2) is 102 Å². The standard InChI is InChI=1S/C23H35N3O6S/c1-2-18-3-4-19(15-22(18)33(28,29)26-8-13-31-14-9-26)23(27)24-16-21(20-5-10-32-17-20)25-6-11-30-12-7-25/h3-4,15,20-21H,2,5-14,16-17H2,1H3,(H,24,27). The van der Waals surface area contributed by atoms with Crippen LogP contribution in [0.25, 0.3) is 0 Å². The first kappa shape index (κ1) is 24.6. The van der Waals surface area contributed by atoms with E-state index in [0.29, 0.717) is 76.1 Å². The third kappa shape index (κ3) is 5.75. The highest BCUT2D eigenvalue weighted by atomic mass is 32.2. The van der Waals surface area contributed by atoms with Gasteiger partial charge in [0.05, 0.1) is 37.9 Å². The predicted octanol–water partition coefficient (Wildman–Crippen LogP) is 0.737. The molecule has 1 N–H and O–H groups in total. The van der Waals surface area contributed by atoms with Gasteiger partial charge in [0.1, 0.15) is 0 Å². The third-order valence-corrected chi connectivity index (χ3v) is 8.77. The number of ether oxygens (including phenoxy) is 3. The fourth-order valence-corrected chi connectivity index (χ4v) is 6.54. The molecule has 0 bridgehead atoms. The average molecular weight is 482 g/mol. The molecule has 1 amide bonds. The van der Waals surface area contributed by atoms with Crippen LogP contribution in [0.2, 0.25) is 0 Å². The van der Waals surface area contributed by atoms with Gasteiger partial charge in [-0.3, -0.25) is 9.69 Å². The highest BCUT2D eigenvalue weighted by molar-refractivity contribution is 7.89. The summed E-state index contributed by atoms with van der Waals surface area (Å²) in [6, 6.07) is 5.18. The van der Waals surface area contributed by atoms with Crippen LogP contribution in [0.3, 0.4) is 0 Å². The van der Waals surface area contributed by atoms with Crippen LogP contribution < -0.4 is 5.32 Å². The molecule has 3 aliphatic heterocycles. The summed E-state index contributed by atoms with van der Waals surface area (Å²) in [5.41, 5.74) is 1.08. The number of sulfonamides is 1. The van der Waals surface area contributed by atoms with Gasteiger partial charge >= 0.3 is 0 Å². The van der Waals surface area contributed by atoms with Crippen LogP contribution in [0.15, 0.2) is 23.1 Å². The molecule has 2 atom stereocenters. The summed E-state index contributed by atoms with van der Waals surface area (Å²) in [5.74, 6) is 0.108. The molecule has 0 aromatic heterocycles. The number of aryl methyl sites for hydroxylation is 1. The lowest BCUT2D eigenvalue weighted by atomic mass is 9.96. The smallest absolute Gasteiger partial charge is 0.251 e. The third-order valence-electron chi connectivity index (χ3n) is 6.79. The molecule has 184 valence electrons. The molecule has 4 rings (SSSR count). The molecule has 9 nitrogen and oxygen atoms in total. The molecule has 33 heavy (non-hydrogen) atoms. The molecule has 1 aromatic carbocycles. The molecule has 3 fully saturated rings. The molecule has 1 aromatic rings. The Labute approximate surface area is 196 Å². The molecule has 2 unspecified atom stereocenters. The molecule has 0 radical (unpaired) electrons. The fraction of sp³-hybridized carbons (Fsp3) is 0.696. The van der Waals surface area contributed by atoms with Gasteiger partial charge in [0.2, 0.25) is 10.0 Å². The van der Waals surface area contributed by atoms with Crippen LogP contribution in [0.1, 0.15) is 29.3 Å². The molecule has 3 aliphatic rings. The lowest BCUT2D eigenvalue weighted by Gasteiger charge is -2.37. The van der Waals surface area contributed by atoms with Crippen molar-refractivity contribution < 1.29 is 27.4 Å². The van der Waals surface area contributed by atoms with Crippen molar-refractivity contribution in [1.29, 1.82) is 0 Å². The van der Waals surface area contributed by atoms with Crippen molar-refractivity contribution in [1.82, 2.24) is 14.5 Å². The zero-order chi connectivity index (χ0) is 23.3. The first-order valence-corrected chi connectivity index (χ1v) is 13.3. The SMILES string of the molecule is CCc1ccc(C(=O)NCC(C2CCOC2)N2CCOCC2)cc1S(=O)(=O)N1CCOCC1. The van der Waals surface area contributed by atoms with Crippen molar-refractivity contribution in [3.63, 3.8) is 0 Å². The number of carbonyl (C=O) groups excluding carboxylic acids is 1. The van der Waals surface area contributed by atoms with Crippen molar-refractivity contribution in [2.75, 3.05) is 72.4 Å². The predicted molar refractivity (Wildman–Crippen MR) is 123 cm³/mol. The largest absolute Gasteiger partial charge is 0.381 e. The van der Waals surface area contributed by atoms with Crippen LogP contribution in [-0.2, 0) is 30.7 Å². The van der Waals surface area contributed by atoms with Gasteiger partial charge in [0, 0.05) is 56.9 Å². The van der Waals surface area contributed by atoms with Crippen molar-refractivity contribution in [2.24, 2.45) is 5.92 Å². The first-order valence-electron chi connectivity index (χ1n) is 11.9. The van der Waals surface area contributed by atoms with Gasteiger partial charge in [-0.05, 0) is 30.5 Å². The molecule has 0 saturated carbocycles. The van der Waals surface area contributed by atoms with Gasteiger partial charge < -0.3 is 19.5 Å². The highest BCUT2D eigenvalue weighted by Gasteiger charge is 2.32. The van der Waals surface area contributed by atoms with Crippen molar-refractivity contribution in [3.8, 4) is 0 Å². The first-order chi connectivity index (χ1) is 16.0. The van der Waals surface area contributed by atoms with Crippen LogP contribution in [0, 0.1) is 5.92 Å². The Hall–Kier alpha value is -1.56. The van der Waals surface area contributed by atoms with Gasteiger partial charge in [-0.15, -0.1) is 0 Å². The van der Waals surface area contributed by atoms with Gasteiger partial charge in [-0.25, -0.2) is 8.42 Å². The summed E-state index contributed by atoms with van der Waals surface area (Å²) >= 11 is 0. The number of benzene rings is 1. The topological polar surface area (TPSA) is 97.4 Å². The van der Waals surface area contributed by atoms with E-state index in [1.807, 2.05) is 6.92 Å². The second-order valence-corrected chi connectivity index (χ2v) is 10.6. The van der Waals surface area contributed by atoms with Crippen molar-refractivity contribution >= 4 is 15.9 Å². The summed E-state index contributed by atoms with van der Waals surface area (Å²) in [7, 11) is -3.69. The summed E-state index contributed by atoms with van der Waals surface area (Å²) in [6.45, 7) is 8.35. The van der Waals surface area contributed by atoms with Crippen LogP contribution in [0.5, 0.6) is 0 Å². The van der Waals surface area contributed by atoms with E-state index in [0.717, 1.165) is 26.1 Å². The molecular weight excluding hydrogens is 446 g/mol. The number of morpholine rings is 2. The summed E-state index contributed by atoms with van der Waals surface area (Å²) in [5, 5.41) is 3.06. The second-order valence-electron chi connectivity index (χ2n) is 8.74. The normalized spacial score (nSPS) is 24.0. The van der Waals surface area contributed by atoms with Gasteiger partial charge in [0.25, 0.3) is 5.91 Å². The minimum absolute atomic E-state index is 0.173. The van der Waals surface area contributed by atoms with E-state index in [1.54, 1.807) is 12.1 Å². The van der Waals surface area contributed by atoms with Gasteiger partial charge in [-0.2, -0.15) is 4.31 Å². The van der Waals surface area contributed by atoms with Gasteiger partial charge in [0.15, 0.2) is 0 Å². The van der Waals surface area contributed by atoms with E-state index in [9.17, 15) is 13.2 Å². The number of nitrogens with one attached hydrogen (secondary N) is 1. The lowest BCUT2D eigenvalue weighted by Crippen LogP contribution is -2.52. The molecule has 3 heterocycles. The summed E-state index contributed by atoms with van der Waals surface area (Å²) in [6.07, 6.45) is 1.55. The fourth-order valence-electron chi connectivity index (χ4n) is 4.81.